The van der Waals surface area contributed by atoms with Gasteiger partial charge < -0.3 is 0 Å². The Kier molecular flexibility index (Phi) is 7.58. The molecule has 0 radical (unpaired) electrons. The SMILES string of the molecule is FCNC(F)(F)C(F)CCCCCCC(F)(F)F. The standard InChI is InChI=1S/C10H16F7N/c11-7-18-10(16,17)8(12)5-3-1-2-4-6-9(13,14)15/h8,18H,1-7H2. The normalized spacial score (nSPS) is 14.8. The molecule has 0 fully saturated rings. The monoisotopic (exact) mass is 283 g/mol. The van der Waals surface area contributed by atoms with Crippen LogP contribution in [0.1, 0.15) is 38.5 Å². The second-order valence-electron chi connectivity index (χ2n) is 3.97. The lowest BCUT2D eigenvalue weighted by molar-refractivity contribution is -0.135. The van der Waals surface area contributed by atoms with Crippen molar-refractivity contribution in [3.63, 3.8) is 0 Å². The number of unbranched alkanes of at least 4 members (excludes halogenated alkanes) is 3. The molecule has 0 aromatic rings. The lowest BCUT2D eigenvalue weighted by atomic mass is 10.1. The van der Waals surface area contributed by atoms with Crippen molar-refractivity contribution >= 4 is 0 Å². The highest BCUT2D eigenvalue weighted by molar-refractivity contribution is 4.73. The average molecular weight is 283 g/mol. The lowest BCUT2D eigenvalue weighted by Crippen LogP contribution is -2.44. The molecule has 0 saturated heterocycles. The average Bonchev–Trinajstić information content (AvgIpc) is 2.21. The number of alkyl halides is 7. The van der Waals surface area contributed by atoms with Crippen LogP contribution >= 0.6 is 0 Å². The Morgan fingerprint density at radius 3 is 1.94 bits per heavy atom. The summed E-state index contributed by atoms with van der Waals surface area (Å²) in [5.74, 6) is 0. The summed E-state index contributed by atoms with van der Waals surface area (Å²) in [4.78, 5) is 0. The van der Waals surface area contributed by atoms with E-state index in [-0.39, 0.29) is 25.7 Å². The third-order valence-corrected chi connectivity index (χ3v) is 2.36. The van der Waals surface area contributed by atoms with Crippen LogP contribution in [-0.4, -0.2) is 25.2 Å². The van der Waals surface area contributed by atoms with Crippen LogP contribution in [0.3, 0.4) is 0 Å². The molecule has 0 bridgehead atoms. The first kappa shape index (κ1) is 17.5. The fourth-order valence-corrected chi connectivity index (χ4v) is 1.38. The summed E-state index contributed by atoms with van der Waals surface area (Å²) in [5, 5.41) is 1.07. The first-order chi connectivity index (χ1) is 8.19. The van der Waals surface area contributed by atoms with E-state index in [1.807, 2.05) is 0 Å². The van der Waals surface area contributed by atoms with Gasteiger partial charge in [0, 0.05) is 6.42 Å². The number of nitrogens with one attached hydrogen (secondary N) is 1. The van der Waals surface area contributed by atoms with Gasteiger partial charge in [-0.05, 0) is 12.8 Å². The smallest absolute Gasteiger partial charge is 0.239 e. The Balaban J connectivity index is 3.60. The summed E-state index contributed by atoms with van der Waals surface area (Å²) >= 11 is 0. The highest BCUT2D eigenvalue weighted by atomic mass is 19.4. The van der Waals surface area contributed by atoms with Crippen molar-refractivity contribution < 1.29 is 30.7 Å². The van der Waals surface area contributed by atoms with E-state index < -0.39 is 38.0 Å². The molecule has 0 aliphatic rings. The van der Waals surface area contributed by atoms with Gasteiger partial charge in [0.2, 0.25) is 0 Å². The van der Waals surface area contributed by atoms with Gasteiger partial charge in [0.05, 0.1) is 0 Å². The van der Waals surface area contributed by atoms with E-state index in [2.05, 4.69) is 0 Å². The molecule has 18 heavy (non-hydrogen) atoms. The van der Waals surface area contributed by atoms with Crippen LogP contribution in [0, 0.1) is 0 Å². The summed E-state index contributed by atoms with van der Waals surface area (Å²) in [5.41, 5.74) is 0. The van der Waals surface area contributed by atoms with Gasteiger partial charge in [-0.2, -0.15) is 22.0 Å². The van der Waals surface area contributed by atoms with Crippen LogP contribution in [0.25, 0.3) is 0 Å². The van der Waals surface area contributed by atoms with Gasteiger partial charge in [0.1, 0.15) is 6.80 Å². The topological polar surface area (TPSA) is 12.0 Å². The molecule has 0 aliphatic heterocycles. The Morgan fingerprint density at radius 2 is 1.44 bits per heavy atom. The Bertz CT molecular complexity index is 217. The van der Waals surface area contributed by atoms with E-state index in [1.54, 1.807) is 0 Å². The van der Waals surface area contributed by atoms with Crippen LogP contribution in [0.5, 0.6) is 0 Å². The third-order valence-electron chi connectivity index (χ3n) is 2.36. The van der Waals surface area contributed by atoms with Gasteiger partial charge >= 0.3 is 12.2 Å². The maximum Gasteiger partial charge on any atom is 0.389 e. The first-order valence-electron chi connectivity index (χ1n) is 5.58. The largest absolute Gasteiger partial charge is 0.389 e. The molecule has 1 atom stereocenters. The van der Waals surface area contributed by atoms with Gasteiger partial charge in [-0.15, -0.1) is 0 Å². The van der Waals surface area contributed by atoms with E-state index in [0.717, 1.165) is 5.32 Å². The molecule has 0 aromatic carbocycles. The molecule has 1 nitrogen and oxygen atoms in total. The number of halogens is 7. The quantitative estimate of drug-likeness (QED) is 0.377. The lowest BCUT2D eigenvalue weighted by Gasteiger charge is -2.20. The van der Waals surface area contributed by atoms with Gasteiger partial charge in [0.25, 0.3) is 0 Å². The molecule has 0 spiro atoms. The zero-order chi connectivity index (χ0) is 14.2. The number of rotatable bonds is 9. The molecule has 0 aromatic heterocycles. The van der Waals surface area contributed by atoms with Crippen LogP contribution in [-0.2, 0) is 0 Å². The van der Waals surface area contributed by atoms with E-state index in [4.69, 9.17) is 0 Å². The van der Waals surface area contributed by atoms with Crippen LogP contribution in [0.2, 0.25) is 0 Å². The van der Waals surface area contributed by atoms with Crippen LogP contribution < -0.4 is 5.32 Å². The summed E-state index contributed by atoms with van der Waals surface area (Å²) in [7, 11) is 0. The molecule has 0 heterocycles. The van der Waals surface area contributed by atoms with Crippen molar-refractivity contribution in [1.29, 1.82) is 0 Å². The molecule has 1 unspecified atom stereocenters. The van der Waals surface area contributed by atoms with Crippen LogP contribution in [0.15, 0.2) is 0 Å². The molecular weight excluding hydrogens is 267 g/mol. The van der Waals surface area contributed by atoms with Gasteiger partial charge in [0.15, 0.2) is 6.17 Å². The second kappa shape index (κ2) is 7.81. The summed E-state index contributed by atoms with van der Waals surface area (Å²) in [6.45, 7) is -1.54. The molecule has 1 N–H and O–H groups in total. The Labute approximate surface area is 101 Å². The van der Waals surface area contributed by atoms with E-state index in [1.165, 1.54) is 0 Å². The van der Waals surface area contributed by atoms with Crippen molar-refractivity contribution in [1.82, 2.24) is 5.32 Å². The minimum Gasteiger partial charge on any atom is -0.239 e. The number of hydrogen-bond donors (Lipinski definition) is 1. The Hall–Kier alpha value is -0.530. The predicted octanol–water partition coefficient (Wildman–Crippen LogP) is 4.34. The van der Waals surface area contributed by atoms with Crippen molar-refractivity contribution in [2.75, 3.05) is 6.80 Å². The highest BCUT2D eigenvalue weighted by Crippen LogP contribution is 2.25. The van der Waals surface area contributed by atoms with Crippen molar-refractivity contribution in [3.05, 3.63) is 0 Å². The van der Waals surface area contributed by atoms with Crippen molar-refractivity contribution in [2.45, 2.75) is 56.9 Å². The summed E-state index contributed by atoms with van der Waals surface area (Å²) in [6.07, 6.45) is -7.80. The maximum atomic E-state index is 12.9. The maximum absolute atomic E-state index is 12.9. The Morgan fingerprint density at radius 1 is 0.889 bits per heavy atom. The van der Waals surface area contributed by atoms with Gasteiger partial charge in [-0.1, -0.05) is 19.3 Å². The summed E-state index contributed by atoms with van der Waals surface area (Å²) in [6, 6.07) is -3.93. The zero-order valence-corrected chi connectivity index (χ0v) is 9.67. The van der Waals surface area contributed by atoms with E-state index in [0.29, 0.717) is 0 Å². The fraction of sp³-hybridized carbons (Fsp3) is 1.00. The molecule has 8 heteroatoms. The minimum absolute atomic E-state index is 0.0442. The van der Waals surface area contributed by atoms with Crippen molar-refractivity contribution in [2.24, 2.45) is 0 Å². The van der Waals surface area contributed by atoms with Gasteiger partial charge in [-0.3, -0.25) is 0 Å². The third kappa shape index (κ3) is 8.54. The predicted molar refractivity (Wildman–Crippen MR) is 52.7 cm³/mol. The minimum atomic E-state index is -4.22. The second-order valence-corrected chi connectivity index (χ2v) is 3.97. The van der Waals surface area contributed by atoms with Crippen LogP contribution in [0.4, 0.5) is 30.7 Å². The molecule has 0 amide bonds. The van der Waals surface area contributed by atoms with Gasteiger partial charge in [-0.25, -0.2) is 14.1 Å². The van der Waals surface area contributed by atoms with Crippen molar-refractivity contribution in [3.8, 4) is 0 Å². The zero-order valence-electron chi connectivity index (χ0n) is 9.67. The molecule has 0 rings (SSSR count). The molecule has 110 valence electrons. The first-order valence-corrected chi connectivity index (χ1v) is 5.58. The molecular formula is C10H16F7N. The van der Waals surface area contributed by atoms with E-state index in [9.17, 15) is 30.7 Å². The van der Waals surface area contributed by atoms with E-state index >= 15 is 0 Å². The summed E-state index contributed by atoms with van der Waals surface area (Å²) < 4.78 is 85.0. The molecule has 0 saturated carbocycles. The highest BCUT2D eigenvalue weighted by Gasteiger charge is 2.38. The fourth-order valence-electron chi connectivity index (χ4n) is 1.38. The molecule has 0 aliphatic carbocycles. The number of hydrogen-bond acceptors (Lipinski definition) is 1.